The molecule has 2 amide bonds. The Balaban J connectivity index is 1.61. The van der Waals surface area contributed by atoms with Crippen molar-refractivity contribution in [2.24, 2.45) is 7.05 Å². The number of piperazine rings is 1. The van der Waals surface area contributed by atoms with Crippen LogP contribution in [-0.2, 0) is 13.6 Å². The van der Waals surface area contributed by atoms with E-state index in [-0.39, 0.29) is 12.1 Å². The molecule has 0 bridgehead atoms. The van der Waals surface area contributed by atoms with Gasteiger partial charge < -0.3 is 14.8 Å². The molecular weight excluding hydrogens is 334 g/mol. The van der Waals surface area contributed by atoms with Crippen molar-refractivity contribution in [1.29, 1.82) is 0 Å². The van der Waals surface area contributed by atoms with Crippen LogP contribution < -0.4 is 5.32 Å². The summed E-state index contributed by atoms with van der Waals surface area (Å²) in [6, 6.07) is 3.86. The molecular formula is C15H20ClN5OS. The van der Waals surface area contributed by atoms with Gasteiger partial charge in [0.05, 0.1) is 16.9 Å². The number of imidazole rings is 1. The first kappa shape index (κ1) is 16.3. The maximum Gasteiger partial charge on any atom is 0.317 e. The fourth-order valence-electron chi connectivity index (χ4n) is 2.76. The number of rotatable bonds is 3. The molecule has 1 aliphatic heterocycles. The van der Waals surface area contributed by atoms with Crippen LogP contribution >= 0.6 is 22.9 Å². The molecule has 1 saturated heterocycles. The van der Waals surface area contributed by atoms with Crippen molar-refractivity contribution >= 4 is 29.0 Å². The number of aryl methyl sites for hydroxylation is 1. The summed E-state index contributed by atoms with van der Waals surface area (Å²) in [7, 11) is 4.05. The monoisotopic (exact) mass is 353 g/mol. The Bertz CT molecular complexity index is 685. The largest absolute Gasteiger partial charge is 0.337 e. The van der Waals surface area contributed by atoms with Gasteiger partial charge in [-0.05, 0) is 19.2 Å². The summed E-state index contributed by atoms with van der Waals surface area (Å²) in [5.74, 6) is 0.982. The van der Waals surface area contributed by atoms with E-state index >= 15 is 0 Å². The van der Waals surface area contributed by atoms with Crippen LogP contribution in [0.1, 0.15) is 16.7 Å². The minimum atomic E-state index is -0.0400. The quantitative estimate of drug-likeness (QED) is 0.921. The average molecular weight is 354 g/mol. The van der Waals surface area contributed by atoms with Gasteiger partial charge in [0.25, 0.3) is 0 Å². The first-order valence-electron chi connectivity index (χ1n) is 7.49. The smallest absolute Gasteiger partial charge is 0.317 e. The number of halogens is 1. The van der Waals surface area contributed by atoms with Crippen molar-refractivity contribution in [2.75, 3.05) is 26.7 Å². The molecule has 23 heavy (non-hydrogen) atoms. The first-order chi connectivity index (χ1) is 11.0. The number of urea groups is 1. The van der Waals surface area contributed by atoms with Crippen molar-refractivity contribution in [2.45, 2.75) is 12.6 Å². The molecule has 0 radical (unpaired) electrons. The number of nitrogens with one attached hydrogen (secondary N) is 1. The molecule has 1 fully saturated rings. The van der Waals surface area contributed by atoms with Crippen molar-refractivity contribution in [3.8, 4) is 0 Å². The maximum atomic E-state index is 12.4. The zero-order chi connectivity index (χ0) is 16.4. The fourth-order valence-corrected chi connectivity index (χ4v) is 3.78. The summed E-state index contributed by atoms with van der Waals surface area (Å²) in [4.78, 5) is 22.0. The summed E-state index contributed by atoms with van der Waals surface area (Å²) in [5, 5.41) is 2.97. The van der Waals surface area contributed by atoms with E-state index in [1.54, 1.807) is 6.20 Å². The van der Waals surface area contributed by atoms with Gasteiger partial charge >= 0.3 is 6.03 Å². The molecule has 0 spiro atoms. The molecule has 1 unspecified atom stereocenters. The lowest BCUT2D eigenvalue weighted by Gasteiger charge is -2.38. The molecule has 124 valence electrons. The highest BCUT2D eigenvalue weighted by molar-refractivity contribution is 7.16. The number of amides is 2. The van der Waals surface area contributed by atoms with Crippen LogP contribution in [0.25, 0.3) is 0 Å². The second-order valence-electron chi connectivity index (χ2n) is 5.70. The number of likely N-dealkylation sites (N-methyl/N-ethyl adjacent to an activating group) is 1. The molecule has 1 N–H and O–H groups in total. The third-order valence-electron chi connectivity index (χ3n) is 4.13. The van der Waals surface area contributed by atoms with Crippen LogP contribution in [0.4, 0.5) is 4.79 Å². The fraction of sp³-hybridized carbons (Fsp3) is 0.467. The van der Waals surface area contributed by atoms with E-state index in [4.69, 9.17) is 11.6 Å². The van der Waals surface area contributed by atoms with Crippen LogP contribution in [0.15, 0.2) is 24.5 Å². The molecule has 0 aliphatic carbocycles. The molecule has 6 nitrogen and oxygen atoms in total. The van der Waals surface area contributed by atoms with Crippen LogP contribution in [0.2, 0.25) is 4.34 Å². The van der Waals surface area contributed by atoms with E-state index in [1.807, 2.05) is 34.8 Å². The van der Waals surface area contributed by atoms with Crippen molar-refractivity contribution in [3.63, 3.8) is 0 Å². The average Bonchev–Trinajstić information content (AvgIpc) is 3.14. The molecule has 0 aromatic carbocycles. The van der Waals surface area contributed by atoms with Gasteiger partial charge in [-0.2, -0.15) is 0 Å². The highest BCUT2D eigenvalue weighted by Crippen LogP contribution is 2.23. The summed E-state index contributed by atoms with van der Waals surface area (Å²) in [6.45, 7) is 2.69. The number of nitrogens with zero attached hydrogens (tertiary/aromatic N) is 4. The highest BCUT2D eigenvalue weighted by Gasteiger charge is 2.30. The van der Waals surface area contributed by atoms with Crippen molar-refractivity contribution in [1.82, 2.24) is 24.7 Å². The van der Waals surface area contributed by atoms with Crippen molar-refractivity contribution in [3.05, 3.63) is 39.6 Å². The zero-order valence-electron chi connectivity index (χ0n) is 13.2. The summed E-state index contributed by atoms with van der Waals surface area (Å²) in [6.07, 6.45) is 3.73. The number of carbonyl (C=O) groups is 1. The van der Waals surface area contributed by atoms with E-state index in [1.165, 1.54) is 11.3 Å². The standard InChI is InChI=1S/C15H20ClN5OS/c1-19-7-8-21(10-12(19)14-17-5-6-20(14)2)15(22)18-9-11-3-4-13(16)23-11/h3-6,12H,7-10H2,1-2H3,(H,18,22). The summed E-state index contributed by atoms with van der Waals surface area (Å²) >= 11 is 7.40. The van der Waals surface area contributed by atoms with Crippen LogP contribution in [0, 0.1) is 0 Å². The number of aromatic nitrogens is 2. The van der Waals surface area contributed by atoms with Crippen LogP contribution in [0.5, 0.6) is 0 Å². The van der Waals surface area contributed by atoms with Gasteiger partial charge in [0.1, 0.15) is 5.82 Å². The molecule has 1 aliphatic rings. The first-order valence-corrected chi connectivity index (χ1v) is 8.68. The third kappa shape index (κ3) is 3.68. The Morgan fingerprint density at radius 1 is 1.43 bits per heavy atom. The lowest BCUT2D eigenvalue weighted by molar-refractivity contribution is 0.104. The Morgan fingerprint density at radius 3 is 2.91 bits per heavy atom. The van der Waals surface area contributed by atoms with Gasteiger partial charge in [-0.25, -0.2) is 9.78 Å². The van der Waals surface area contributed by atoms with Crippen molar-refractivity contribution < 1.29 is 4.79 Å². The number of thiophene rings is 1. The SMILES string of the molecule is CN1CCN(C(=O)NCc2ccc(Cl)s2)CC1c1nccn1C. The van der Waals surface area contributed by atoms with E-state index in [9.17, 15) is 4.79 Å². The Morgan fingerprint density at radius 2 is 2.26 bits per heavy atom. The second kappa shape index (κ2) is 6.90. The minimum absolute atomic E-state index is 0.0400. The summed E-state index contributed by atoms with van der Waals surface area (Å²) < 4.78 is 2.75. The van der Waals surface area contributed by atoms with Gasteiger partial charge in [-0.15, -0.1) is 11.3 Å². The zero-order valence-corrected chi connectivity index (χ0v) is 14.8. The van der Waals surface area contributed by atoms with E-state index < -0.39 is 0 Å². The molecule has 1 atom stereocenters. The predicted octanol–water partition coefficient (Wildman–Crippen LogP) is 2.33. The number of hydrogen-bond acceptors (Lipinski definition) is 4. The van der Waals surface area contributed by atoms with E-state index in [0.717, 1.165) is 21.6 Å². The molecule has 3 heterocycles. The van der Waals surface area contributed by atoms with Gasteiger partial charge in [0.2, 0.25) is 0 Å². The van der Waals surface area contributed by atoms with E-state index in [2.05, 4.69) is 22.2 Å². The number of hydrogen-bond donors (Lipinski definition) is 1. The molecule has 2 aromatic rings. The predicted molar refractivity (Wildman–Crippen MR) is 91.7 cm³/mol. The van der Waals surface area contributed by atoms with Crippen LogP contribution in [0.3, 0.4) is 0 Å². The number of carbonyl (C=O) groups excluding carboxylic acids is 1. The Kier molecular flexibility index (Phi) is 4.89. The molecule has 8 heteroatoms. The maximum absolute atomic E-state index is 12.4. The molecule has 3 rings (SSSR count). The second-order valence-corrected chi connectivity index (χ2v) is 7.50. The van der Waals surface area contributed by atoms with Crippen LogP contribution in [-0.4, -0.2) is 52.1 Å². The van der Waals surface area contributed by atoms with Gasteiger partial charge in [-0.3, -0.25) is 4.90 Å². The molecule has 2 aromatic heterocycles. The normalized spacial score (nSPS) is 19.1. The Labute approximate surface area is 144 Å². The van der Waals surface area contributed by atoms with Gasteiger partial charge in [-0.1, -0.05) is 11.6 Å². The lowest BCUT2D eigenvalue weighted by Crippen LogP contribution is -2.52. The van der Waals surface area contributed by atoms with E-state index in [0.29, 0.717) is 19.6 Å². The third-order valence-corrected chi connectivity index (χ3v) is 5.37. The summed E-state index contributed by atoms with van der Waals surface area (Å²) in [5.41, 5.74) is 0. The van der Waals surface area contributed by atoms with Gasteiger partial charge in [0, 0.05) is 44.0 Å². The topological polar surface area (TPSA) is 53.4 Å². The molecule has 0 saturated carbocycles. The van der Waals surface area contributed by atoms with Gasteiger partial charge in [0.15, 0.2) is 0 Å². The Hall–Kier alpha value is -1.57. The lowest BCUT2D eigenvalue weighted by atomic mass is 10.1. The highest BCUT2D eigenvalue weighted by atomic mass is 35.5. The minimum Gasteiger partial charge on any atom is -0.337 e.